The molecule has 170 valence electrons. The van der Waals surface area contributed by atoms with E-state index in [2.05, 4.69) is 15.0 Å². The molecule has 3 unspecified atom stereocenters. The molecule has 0 bridgehead atoms. The minimum absolute atomic E-state index is 0. The molecular formula is C14H30N5O9P. The highest BCUT2D eigenvalue weighted by atomic mass is 31.1. The van der Waals surface area contributed by atoms with Crippen LogP contribution in [-0.4, -0.2) is 84.3 Å². The van der Waals surface area contributed by atoms with Crippen molar-refractivity contribution >= 4 is 25.8 Å². The number of nitrogens with zero attached hydrogens (tertiary/aromatic N) is 3. The van der Waals surface area contributed by atoms with Crippen molar-refractivity contribution in [1.29, 1.82) is 0 Å². The van der Waals surface area contributed by atoms with Crippen LogP contribution in [0.1, 0.15) is 21.5 Å². The fourth-order valence-corrected chi connectivity index (χ4v) is 2.48. The average Bonchev–Trinajstić information content (AvgIpc) is 3.26. The summed E-state index contributed by atoms with van der Waals surface area (Å²) in [4.78, 5) is 29.1. The third-order valence-electron chi connectivity index (χ3n) is 3.49. The molecule has 0 amide bonds. The maximum Gasteiger partial charge on any atom is 0.324 e. The number of aliphatic hydroxyl groups is 3. The molecule has 2 aromatic heterocycles. The van der Waals surface area contributed by atoms with E-state index in [9.17, 15) is 15.0 Å². The molecule has 0 spiro atoms. The van der Waals surface area contributed by atoms with Crippen LogP contribution in [0.25, 0.3) is 11.2 Å². The molecule has 0 aromatic carbocycles. The highest BCUT2D eigenvalue weighted by Gasteiger charge is 2.45. The van der Waals surface area contributed by atoms with Crippen LogP contribution in [0.4, 0.5) is 5.95 Å². The summed E-state index contributed by atoms with van der Waals surface area (Å²) in [5.41, 5.74) is 5.38. The van der Waals surface area contributed by atoms with Crippen molar-refractivity contribution in [1.82, 2.24) is 19.5 Å². The molecule has 1 fully saturated rings. The Morgan fingerprint density at radius 1 is 1.45 bits per heavy atom. The zero-order chi connectivity index (χ0) is 21.9. The van der Waals surface area contributed by atoms with E-state index in [-0.39, 0.29) is 30.6 Å². The highest BCUT2D eigenvalue weighted by Crippen LogP contribution is 2.32. The number of rotatable bonds is 3. The summed E-state index contributed by atoms with van der Waals surface area (Å²) >= 11 is 0. The van der Waals surface area contributed by atoms with Gasteiger partial charge in [0.2, 0.25) is 5.95 Å². The van der Waals surface area contributed by atoms with E-state index in [1.165, 1.54) is 18.0 Å². The summed E-state index contributed by atoms with van der Waals surface area (Å²) in [6.45, 7) is 3.64. The predicted octanol–water partition coefficient (Wildman–Crippen LogP) is -1.79. The number of nitrogen functional groups attached to an aromatic ring is 1. The first-order valence-electron chi connectivity index (χ1n) is 8.09. The van der Waals surface area contributed by atoms with E-state index in [0.717, 1.165) is 7.11 Å². The number of hydrogen-bond donors (Lipinski definition) is 6. The van der Waals surface area contributed by atoms with Gasteiger partial charge in [0.25, 0.3) is 5.56 Å². The van der Waals surface area contributed by atoms with Gasteiger partial charge in [0, 0.05) is 15.6 Å². The number of methoxy groups -OCH3 is 1. The van der Waals surface area contributed by atoms with Gasteiger partial charge in [0.15, 0.2) is 17.4 Å². The Morgan fingerprint density at radius 3 is 2.48 bits per heavy atom. The molecule has 0 radical (unpaired) electrons. The molecular weight excluding hydrogens is 413 g/mol. The molecule has 1 aliphatic rings. The summed E-state index contributed by atoms with van der Waals surface area (Å²) in [6.07, 6.45) is -1.96. The Labute approximate surface area is 169 Å². The Balaban J connectivity index is -0.000000729. The molecule has 15 heteroatoms. The smallest absolute Gasteiger partial charge is 0.324 e. The van der Waals surface area contributed by atoms with Gasteiger partial charge in [-0.3, -0.25) is 14.3 Å². The van der Waals surface area contributed by atoms with E-state index in [0.29, 0.717) is 0 Å². The van der Waals surface area contributed by atoms with Gasteiger partial charge < -0.3 is 40.9 Å². The number of aromatic nitrogens is 4. The summed E-state index contributed by atoms with van der Waals surface area (Å²) in [5, 5.41) is 26.3. The van der Waals surface area contributed by atoms with Crippen molar-refractivity contribution < 1.29 is 41.2 Å². The molecule has 3 rings (SSSR count). The minimum atomic E-state index is -1.01. The van der Waals surface area contributed by atoms with Crippen LogP contribution < -0.4 is 11.3 Å². The van der Waals surface area contributed by atoms with Crippen LogP contribution in [0.5, 0.6) is 0 Å². The number of anilines is 1. The van der Waals surface area contributed by atoms with Crippen LogP contribution in [0, 0.1) is 0 Å². The molecule has 2 aromatic rings. The molecule has 14 nitrogen and oxygen atoms in total. The van der Waals surface area contributed by atoms with Crippen molar-refractivity contribution in [3.05, 3.63) is 16.7 Å². The van der Waals surface area contributed by atoms with Crippen LogP contribution in [0.2, 0.25) is 0 Å². The van der Waals surface area contributed by atoms with Gasteiger partial charge in [0.05, 0.1) is 12.9 Å². The average molecular weight is 443 g/mol. The molecule has 1 saturated heterocycles. The van der Waals surface area contributed by atoms with Crippen LogP contribution in [-0.2, 0) is 14.0 Å². The molecule has 0 saturated carbocycles. The second-order valence-corrected chi connectivity index (χ2v) is 4.96. The highest BCUT2D eigenvalue weighted by molar-refractivity contribution is 7.16. The number of imidazole rings is 1. The quantitative estimate of drug-likeness (QED) is 0.289. The first-order valence-corrected chi connectivity index (χ1v) is 8.85. The normalized spacial score (nSPS) is 22.3. The SMILES string of the molecule is CC.CO.COC1C(n2cnc3c(=O)[nH]c(N)nc32)OC(CO)[C@@H]1O.O.O=PO.[HH]. The van der Waals surface area contributed by atoms with Crippen molar-refractivity contribution in [3.8, 4) is 0 Å². The van der Waals surface area contributed by atoms with E-state index in [1.807, 2.05) is 13.8 Å². The fraction of sp³-hybridized carbons (Fsp3) is 0.643. The molecule has 9 N–H and O–H groups in total. The van der Waals surface area contributed by atoms with E-state index in [4.69, 9.17) is 29.8 Å². The predicted molar refractivity (Wildman–Crippen MR) is 105 cm³/mol. The topological polar surface area (TPSA) is 238 Å². The van der Waals surface area contributed by atoms with Crippen LogP contribution in [0.15, 0.2) is 11.1 Å². The second kappa shape index (κ2) is 14.9. The third-order valence-corrected chi connectivity index (χ3v) is 3.49. The maximum absolute atomic E-state index is 11.8. The van der Waals surface area contributed by atoms with E-state index < -0.39 is 38.8 Å². The van der Waals surface area contributed by atoms with Gasteiger partial charge in [-0.05, 0) is 0 Å². The summed E-state index contributed by atoms with van der Waals surface area (Å²) in [5.74, 6) is -0.0551. The lowest BCUT2D eigenvalue weighted by Gasteiger charge is -2.19. The number of ether oxygens (including phenoxy) is 2. The zero-order valence-corrected chi connectivity index (χ0v) is 17.3. The number of H-pyrrole nitrogens is 1. The lowest BCUT2D eigenvalue weighted by Crippen LogP contribution is -2.34. The molecule has 29 heavy (non-hydrogen) atoms. The number of nitrogens with two attached hydrogens (primary N) is 1. The Bertz CT molecular complexity index is 778. The monoisotopic (exact) mass is 443 g/mol. The summed E-state index contributed by atoms with van der Waals surface area (Å²) in [6, 6.07) is 0. The van der Waals surface area contributed by atoms with Crippen molar-refractivity contribution in [2.45, 2.75) is 38.4 Å². The molecule has 3 heterocycles. The van der Waals surface area contributed by atoms with Gasteiger partial charge in [-0.15, -0.1) is 0 Å². The number of nitrogens with one attached hydrogen (secondary N) is 1. The van der Waals surface area contributed by atoms with Gasteiger partial charge in [-0.2, -0.15) is 4.98 Å². The Kier molecular flexibility index (Phi) is 15.0. The number of hydrogen-bond acceptors (Lipinski definition) is 10. The Hall–Kier alpha value is -2.03. The van der Waals surface area contributed by atoms with Crippen LogP contribution in [0.3, 0.4) is 0 Å². The second-order valence-electron chi connectivity index (χ2n) is 4.80. The van der Waals surface area contributed by atoms with Gasteiger partial charge >= 0.3 is 8.69 Å². The van der Waals surface area contributed by atoms with Crippen molar-refractivity contribution in [2.75, 3.05) is 26.6 Å². The molecule has 1 aliphatic heterocycles. The first-order chi connectivity index (χ1) is 13.5. The first kappa shape index (κ1) is 29.2. The number of aromatic amines is 1. The number of aliphatic hydroxyl groups excluding tert-OH is 3. The third kappa shape index (κ3) is 6.76. The van der Waals surface area contributed by atoms with Gasteiger partial charge in [-0.1, -0.05) is 13.8 Å². The maximum atomic E-state index is 11.8. The van der Waals surface area contributed by atoms with Crippen molar-refractivity contribution in [2.24, 2.45) is 0 Å². The standard InChI is InChI=1S/C11H15N5O5.C2H6.CH4O.HO2P.H2O.H2/c1-20-7-6(18)4(2-17)21-10(7)16-3-13-5-8(16)14-11(12)15-9(5)19;2*1-2;1-3-2;;/h3-4,6-7,10,17-18H,2H2,1H3,(H3,12,14,15,19);1-2H3;2H,1H3;(H,1,2);1H2;1H/t4?,6-,7?,10?;;;;;/m0...../s1. The lowest BCUT2D eigenvalue weighted by atomic mass is 10.1. The Morgan fingerprint density at radius 2 is 2.00 bits per heavy atom. The summed E-state index contributed by atoms with van der Waals surface area (Å²) in [7, 11) is 1.58. The van der Waals surface area contributed by atoms with Crippen LogP contribution >= 0.6 is 8.69 Å². The van der Waals surface area contributed by atoms with E-state index >= 15 is 0 Å². The van der Waals surface area contributed by atoms with Gasteiger partial charge in [-0.25, -0.2) is 9.55 Å². The fourth-order valence-electron chi connectivity index (χ4n) is 2.48. The number of fused-ring (bicyclic) bond motifs is 1. The lowest BCUT2D eigenvalue weighted by molar-refractivity contribution is -0.0583. The van der Waals surface area contributed by atoms with Crippen molar-refractivity contribution in [3.63, 3.8) is 0 Å². The molecule has 0 aliphatic carbocycles. The largest absolute Gasteiger partial charge is 0.412 e. The zero-order valence-electron chi connectivity index (χ0n) is 16.4. The minimum Gasteiger partial charge on any atom is -0.412 e. The van der Waals surface area contributed by atoms with Gasteiger partial charge in [0.1, 0.15) is 18.3 Å². The summed E-state index contributed by atoms with van der Waals surface area (Å²) < 4.78 is 20.7. The van der Waals surface area contributed by atoms with E-state index in [1.54, 1.807) is 0 Å². The molecule has 4 atom stereocenters.